The van der Waals surface area contributed by atoms with Crippen LogP contribution in [-0.4, -0.2) is 45.2 Å². The summed E-state index contributed by atoms with van der Waals surface area (Å²) in [6, 6.07) is 0. The van der Waals surface area contributed by atoms with Gasteiger partial charge in [-0.1, -0.05) is 77.2 Å². The minimum Gasteiger partial charge on any atom is -0.446 e. The molecule has 1 amide bonds. The van der Waals surface area contributed by atoms with E-state index in [0.29, 0.717) is 31.8 Å². The van der Waals surface area contributed by atoms with Gasteiger partial charge in [-0.05, 0) is 112 Å². The van der Waals surface area contributed by atoms with Crippen LogP contribution in [0.1, 0.15) is 126 Å². The van der Waals surface area contributed by atoms with Gasteiger partial charge in [0, 0.05) is 13.0 Å². The molecule has 3 unspecified atom stereocenters. The summed E-state index contributed by atoms with van der Waals surface area (Å²) in [4.78, 5) is 12.6. The molecule has 0 aromatic heterocycles. The molecule has 0 aromatic rings. The van der Waals surface area contributed by atoms with Crippen LogP contribution < -0.4 is 5.32 Å². The lowest BCUT2D eigenvalue weighted by Crippen LogP contribution is -2.51. The molecule has 4 aliphatic rings. The first-order valence-corrected chi connectivity index (χ1v) is 18.0. The highest BCUT2D eigenvalue weighted by molar-refractivity contribution is 5.67. The van der Waals surface area contributed by atoms with Gasteiger partial charge < -0.3 is 19.5 Å². The summed E-state index contributed by atoms with van der Waals surface area (Å²) in [7, 11) is 0. The predicted molar refractivity (Wildman–Crippen MR) is 177 cm³/mol. The molecule has 1 N–H and O–H groups in total. The molecule has 0 heterocycles. The Morgan fingerprint density at radius 3 is 2.51 bits per heavy atom. The summed E-state index contributed by atoms with van der Waals surface area (Å²) < 4.78 is 17.1. The van der Waals surface area contributed by atoms with E-state index in [0.717, 1.165) is 67.8 Å². The highest BCUT2D eigenvalue weighted by Gasteiger charge is 2.59. The number of alkyl carbamates (subject to hydrolysis) is 1. The zero-order valence-electron chi connectivity index (χ0n) is 28.8. The number of carbonyl (C=O) groups is 1. The van der Waals surface area contributed by atoms with E-state index in [1.54, 1.807) is 5.57 Å². The Balaban J connectivity index is 1.20. The molecule has 4 aliphatic carbocycles. The number of fused-ring (bicyclic) bond motifs is 5. The van der Waals surface area contributed by atoms with Gasteiger partial charge in [0.2, 0.25) is 0 Å². The Bertz CT molecular complexity index is 958. The highest BCUT2D eigenvalue weighted by atomic mass is 16.6. The van der Waals surface area contributed by atoms with Crippen molar-refractivity contribution in [2.24, 2.45) is 46.3 Å². The molecule has 0 aliphatic heterocycles. The van der Waals surface area contributed by atoms with Gasteiger partial charge >= 0.3 is 6.09 Å². The molecule has 0 aromatic carbocycles. The van der Waals surface area contributed by atoms with Gasteiger partial charge in [0.25, 0.3) is 0 Å². The monoisotopic (exact) mass is 599 g/mol. The zero-order valence-corrected chi connectivity index (χ0v) is 28.8. The summed E-state index contributed by atoms with van der Waals surface area (Å²) in [6.45, 7) is 19.5. The van der Waals surface area contributed by atoms with Crippen molar-refractivity contribution in [1.82, 2.24) is 5.32 Å². The molecule has 3 saturated carbocycles. The minimum absolute atomic E-state index is 0.0118. The average Bonchev–Trinajstić information content (AvgIpc) is 3.33. The summed E-state index contributed by atoms with van der Waals surface area (Å²) >= 11 is 0. The molecule has 3 fully saturated rings. The maximum Gasteiger partial charge on any atom is 0.407 e. The Hall–Kier alpha value is -1.33. The third kappa shape index (κ3) is 8.48. The zero-order chi connectivity index (χ0) is 31.0. The Labute approximate surface area is 264 Å². The Morgan fingerprint density at radius 1 is 1.00 bits per heavy atom. The molecule has 0 spiro atoms. The standard InChI is InChI=1S/C38H65NO4/c1-8-28(4)18-22-41-24-25-42-23-21-39-36(40)43-31-16-19-37(6)30(26-31)12-13-32-34-15-14-33(29(5)11-9-10-27(2)3)38(34,7)20-17-35(32)37/h8,12,27,29,31-35H,9-11,13-26H2,1-7H3,(H,39,40)/b28-8+/t29-,31?,32+,33-,34?,35?,37+,38-/m1/s1. The second-order valence-electron chi connectivity index (χ2n) is 15.6. The first-order chi connectivity index (χ1) is 20.6. The quantitative estimate of drug-likeness (QED) is 0.150. The normalized spacial score (nSPS) is 34.7. The summed E-state index contributed by atoms with van der Waals surface area (Å²) in [5.74, 6) is 5.11. The van der Waals surface area contributed by atoms with E-state index in [9.17, 15) is 4.79 Å². The van der Waals surface area contributed by atoms with Crippen LogP contribution in [0.3, 0.4) is 0 Å². The van der Waals surface area contributed by atoms with Crippen LogP contribution in [0.15, 0.2) is 23.3 Å². The molecular weight excluding hydrogens is 534 g/mol. The summed E-state index contributed by atoms with van der Waals surface area (Å²) in [6.07, 6.45) is 19.5. The number of carbonyl (C=O) groups excluding carboxylic acids is 1. The largest absolute Gasteiger partial charge is 0.446 e. The number of hydrogen-bond acceptors (Lipinski definition) is 4. The topological polar surface area (TPSA) is 56.8 Å². The number of ether oxygens (including phenoxy) is 3. The van der Waals surface area contributed by atoms with Gasteiger partial charge in [0.15, 0.2) is 0 Å². The van der Waals surface area contributed by atoms with Crippen LogP contribution in [0.25, 0.3) is 0 Å². The number of amides is 1. The minimum atomic E-state index is -0.308. The second-order valence-corrected chi connectivity index (χ2v) is 15.6. The molecule has 0 saturated heterocycles. The highest BCUT2D eigenvalue weighted by Crippen LogP contribution is 2.67. The summed E-state index contributed by atoms with van der Waals surface area (Å²) in [5.41, 5.74) is 3.72. The third-order valence-corrected chi connectivity index (χ3v) is 12.6. The molecule has 8 atom stereocenters. The predicted octanol–water partition coefficient (Wildman–Crippen LogP) is 9.51. The van der Waals surface area contributed by atoms with Crippen LogP contribution in [0.5, 0.6) is 0 Å². The van der Waals surface area contributed by atoms with Gasteiger partial charge in [-0.25, -0.2) is 4.79 Å². The average molecular weight is 600 g/mol. The van der Waals surface area contributed by atoms with Crippen LogP contribution in [0, 0.1) is 46.3 Å². The molecule has 0 radical (unpaired) electrons. The molecule has 43 heavy (non-hydrogen) atoms. The van der Waals surface area contributed by atoms with Gasteiger partial charge in [-0.2, -0.15) is 0 Å². The molecular formula is C38H65NO4. The van der Waals surface area contributed by atoms with Crippen molar-refractivity contribution in [3.63, 3.8) is 0 Å². The molecule has 5 nitrogen and oxygen atoms in total. The number of nitrogens with one attached hydrogen (secondary N) is 1. The van der Waals surface area contributed by atoms with E-state index in [1.165, 1.54) is 56.9 Å². The van der Waals surface area contributed by atoms with E-state index in [1.807, 2.05) is 0 Å². The van der Waals surface area contributed by atoms with Crippen molar-refractivity contribution in [3.05, 3.63) is 23.3 Å². The maximum absolute atomic E-state index is 12.6. The lowest BCUT2D eigenvalue weighted by molar-refractivity contribution is -0.0581. The van der Waals surface area contributed by atoms with Crippen molar-refractivity contribution in [3.8, 4) is 0 Å². The molecule has 246 valence electrons. The molecule has 5 heteroatoms. The Kier molecular flexibility index (Phi) is 12.7. The first kappa shape index (κ1) is 34.5. The first-order valence-electron chi connectivity index (χ1n) is 18.0. The van der Waals surface area contributed by atoms with Gasteiger partial charge in [0.1, 0.15) is 6.10 Å². The third-order valence-electron chi connectivity index (χ3n) is 12.6. The van der Waals surface area contributed by atoms with E-state index in [2.05, 4.69) is 65.9 Å². The molecule has 0 bridgehead atoms. The fourth-order valence-electron chi connectivity index (χ4n) is 9.87. The summed E-state index contributed by atoms with van der Waals surface area (Å²) in [5, 5.41) is 2.89. The fraction of sp³-hybridized carbons (Fsp3) is 0.868. The Morgan fingerprint density at radius 2 is 1.77 bits per heavy atom. The lowest BCUT2D eigenvalue weighted by atomic mass is 9.47. The smallest absolute Gasteiger partial charge is 0.407 e. The van der Waals surface area contributed by atoms with E-state index >= 15 is 0 Å². The number of allylic oxidation sites excluding steroid dienone is 2. The van der Waals surface area contributed by atoms with Gasteiger partial charge in [-0.3, -0.25) is 0 Å². The van der Waals surface area contributed by atoms with Crippen molar-refractivity contribution < 1.29 is 19.0 Å². The van der Waals surface area contributed by atoms with Gasteiger partial charge in [0.05, 0.1) is 26.4 Å². The van der Waals surface area contributed by atoms with Gasteiger partial charge in [-0.15, -0.1) is 0 Å². The number of hydrogen-bond donors (Lipinski definition) is 1. The van der Waals surface area contributed by atoms with E-state index < -0.39 is 0 Å². The van der Waals surface area contributed by atoms with Crippen molar-refractivity contribution >= 4 is 6.09 Å². The van der Waals surface area contributed by atoms with Crippen LogP contribution >= 0.6 is 0 Å². The second kappa shape index (κ2) is 15.8. The SMILES string of the molecule is C/C=C(\C)CCOCCOCCNC(=O)OC1CC[C@@]2(C)C(=CC[C@@H]3C2CC[C@@]2(C)C3CC[C@@H]2[C@H](C)CCCC(C)C)C1. The molecule has 4 rings (SSSR count). The number of rotatable bonds is 15. The van der Waals surface area contributed by atoms with Crippen LogP contribution in [-0.2, 0) is 14.2 Å². The van der Waals surface area contributed by atoms with Crippen molar-refractivity contribution in [1.29, 1.82) is 0 Å². The van der Waals surface area contributed by atoms with Crippen molar-refractivity contribution in [2.45, 2.75) is 132 Å². The lowest BCUT2D eigenvalue weighted by Gasteiger charge is -2.58. The van der Waals surface area contributed by atoms with Crippen LogP contribution in [0.2, 0.25) is 0 Å². The van der Waals surface area contributed by atoms with E-state index in [4.69, 9.17) is 14.2 Å². The van der Waals surface area contributed by atoms with Crippen LogP contribution in [0.4, 0.5) is 4.79 Å². The maximum atomic E-state index is 12.6. The van der Waals surface area contributed by atoms with E-state index in [-0.39, 0.29) is 17.6 Å². The fourth-order valence-corrected chi connectivity index (χ4v) is 9.87. The van der Waals surface area contributed by atoms with Crippen molar-refractivity contribution in [2.75, 3.05) is 33.0 Å².